The predicted octanol–water partition coefficient (Wildman–Crippen LogP) is 2.27. The van der Waals surface area contributed by atoms with E-state index in [1.165, 1.54) is 0 Å². The van der Waals surface area contributed by atoms with Gasteiger partial charge in [-0.15, -0.1) is 0 Å². The Morgan fingerprint density at radius 2 is 1.89 bits per heavy atom. The molecule has 1 aliphatic heterocycles. The van der Waals surface area contributed by atoms with Gasteiger partial charge in [-0.3, -0.25) is 14.4 Å². The van der Waals surface area contributed by atoms with Crippen LogP contribution in [0.4, 0.5) is 0 Å². The quantitative estimate of drug-likeness (QED) is 0.770. The van der Waals surface area contributed by atoms with Crippen LogP contribution in [0, 0.1) is 12.8 Å². The van der Waals surface area contributed by atoms with Gasteiger partial charge in [0.1, 0.15) is 6.04 Å². The molecule has 0 radical (unpaired) electrons. The number of likely N-dealkylation sites (tertiary alicyclic amines) is 1. The molecule has 0 unspecified atom stereocenters. The second-order valence-electron chi connectivity index (χ2n) is 7.18. The van der Waals surface area contributed by atoms with Crippen LogP contribution in [0.5, 0.6) is 0 Å². The highest BCUT2D eigenvalue weighted by molar-refractivity contribution is 5.97. The average molecular weight is 373 g/mol. The van der Waals surface area contributed by atoms with Gasteiger partial charge in [0.15, 0.2) is 0 Å². The zero-order valence-electron chi connectivity index (χ0n) is 16.6. The summed E-state index contributed by atoms with van der Waals surface area (Å²) in [7, 11) is 0. The van der Waals surface area contributed by atoms with Gasteiger partial charge in [0.05, 0.1) is 0 Å². The molecule has 0 aromatic heterocycles. The first-order valence-corrected chi connectivity index (χ1v) is 9.89. The fourth-order valence-electron chi connectivity index (χ4n) is 3.47. The molecule has 0 spiro atoms. The third-order valence-electron chi connectivity index (χ3n) is 5.06. The van der Waals surface area contributed by atoms with Crippen LogP contribution >= 0.6 is 0 Å². The van der Waals surface area contributed by atoms with E-state index in [2.05, 4.69) is 10.6 Å². The van der Waals surface area contributed by atoms with E-state index in [0.717, 1.165) is 12.0 Å². The Morgan fingerprint density at radius 3 is 2.48 bits per heavy atom. The third kappa shape index (κ3) is 5.81. The summed E-state index contributed by atoms with van der Waals surface area (Å²) in [4.78, 5) is 39.1. The molecule has 0 saturated carbocycles. The van der Waals surface area contributed by atoms with Crippen molar-refractivity contribution >= 4 is 17.7 Å². The zero-order valence-corrected chi connectivity index (χ0v) is 16.6. The number of rotatable bonds is 7. The maximum atomic E-state index is 12.7. The Morgan fingerprint density at radius 1 is 1.19 bits per heavy atom. The van der Waals surface area contributed by atoms with E-state index in [-0.39, 0.29) is 23.6 Å². The summed E-state index contributed by atoms with van der Waals surface area (Å²) in [6.07, 6.45) is 2.76. The molecule has 1 fully saturated rings. The molecule has 2 rings (SSSR count). The van der Waals surface area contributed by atoms with Gasteiger partial charge in [-0.1, -0.05) is 31.5 Å². The summed E-state index contributed by atoms with van der Waals surface area (Å²) in [6, 6.07) is 6.77. The molecular weight excluding hydrogens is 342 g/mol. The standard InChI is InChI=1S/C21H31N3O3/c1-4-11-22-21(27)19(16-9-12-24(13-10-16)18(25)5-2)23-20(26)17-8-6-7-15(3)14-17/h6-8,14,16,19H,4-5,9-13H2,1-3H3,(H,22,27)(H,23,26)/t19-/m1/s1. The second-order valence-corrected chi connectivity index (χ2v) is 7.18. The second kappa shape index (κ2) is 10.1. The SMILES string of the molecule is CCCNC(=O)[C@H](NC(=O)c1cccc(C)c1)C1CCN(C(=O)CC)CC1. The topological polar surface area (TPSA) is 78.5 Å². The van der Waals surface area contributed by atoms with Gasteiger partial charge in [0.2, 0.25) is 11.8 Å². The van der Waals surface area contributed by atoms with Crippen molar-refractivity contribution in [1.29, 1.82) is 0 Å². The number of carbonyl (C=O) groups excluding carboxylic acids is 3. The molecule has 1 aromatic rings. The first-order valence-electron chi connectivity index (χ1n) is 9.89. The summed E-state index contributed by atoms with van der Waals surface area (Å²) in [5.74, 6) is -0.207. The van der Waals surface area contributed by atoms with E-state index >= 15 is 0 Å². The van der Waals surface area contributed by atoms with Gasteiger partial charge in [0.25, 0.3) is 5.91 Å². The molecule has 148 valence electrons. The predicted molar refractivity (Wildman–Crippen MR) is 105 cm³/mol. The minimum atomic E-state index is -0.580. The van der Waals surface area contributed by atoms with E-state index in [9.17, 15) is 14.4 Å². The van der Waals surface area contributed by atoms with Crippen LogP contribution in [-0.4, -0.2) is 48.3 Å². The van der Waals surface area contributed by atoms with Crippen molar-refractivity contribution in [2.24, 2.45) is 5.92 Å². The minimum Gasteiger partial charge on any atom is -0.354 e. The Labute approximate surface area is 161 Å². The molecule has 1 atom stereocenters. The van der Waals surface area contributed by atoms with E-state index in [0.29, 0.717) is 44.5 Å². The van der Waals surface area contributed by atoms with Crippen molar-refractivity contribution in [3.8, 4) is 0 Å². The van der Waals surface area contributed by atoms with Crippen LogP contribution in [0.3, 0.4) is 0 Å². The van der Waals surface area contributed by atoms with E-state index in [4.69, 9.17) is 0 Å². The summed E-state index contributed by atoms with van der Waals surface area (Å²) < 4.78 is 0. The van der Waals surface area contributed by atoms with Gasteiger partial charge in [-0.05, 0) is 44.2 Å². The first-order chi connectivity index (χ1) is 13.0. The van der Waals surface area contributed by atoms with Gasteiger partial charge >= 0.3 is 0 Å². The highest BCUT2D eigenvalue weighted by Crippen LogP contribution is 2.22. The Kier molecular flexibility index (Phi) is 7.82. The maximum absolute atomic E-state index is 12.7. The molecule has 1 aliphatic rings. The molecule has 1 heterocycles. The minimum absolute atomic E-state index is 0.0246. The van der Waals surface area contributed by atoms with E-state index < -0.39 is 6.04 Å². The number of aryl methyl sites for hydroxylation is 1. The molecule has 0 aliphatic carbocycles. The Hall–Kier alpha value is -2.37. The van der Waals surface area contributed by atoms with Crippen LogP contribution in [0.2, 0.25) is 0 Å². The fourth-order valence-corrected chi connectivity index (χ4v) is 3.47. The summed E-state index contributed by atoms with van der Waals surface area (Å²) >= 11 is 0. The lowest BCUT2D eigenvalue weighted by Crippen LogP contribution is -2.53. The molecule has 0 bridgehead atoms. The zero-order chi connectivity index (χ0) is 19.8. The van der Waals surface area contributed by atoms with Crippen LogP contribution in [0.1, 0.15) is 55.5 Å². The van der Waals surface area contributed by atoms with Crippen molar-refractivity contribution in [3.05, 3.63) is 35.4 Å². The third-order valence-corrected chi connectivity index (χ3v) is 5.06. The normalized spacial score (nSPS) is 15.9. The highest BCUT2D eigenvalue weighted by Gasteiger charge is 2.33. The molecule has 1 aromatic carbocycles. The maximum Gasteiger partial charge on any atom is 0.251 e. The van der Waals surface area contributed by atoms with Crippen LogP contribution in [0.25, 0.3) is 0 Å². The van der Waals surface area contributed by atoms with Crippen molar-refractivity contribution in [3.63, 3.8) is 0 Å². The number of nitrogens with one attached hydrogen (secondary N) is 2. The van der Waals surface area contributed by atoms with Crippen LogP contribution in [0.15, 0.2) is 24.3 Å². The monoisotopic (exact) mass is 373 g/mol. The number of amides is 3. The van der Waals surface area contributed by atoms with Crippen LogP contribution < -0.4 is 10.6 Å². The average Bonchev–Trinajstić information content (AvgIpc) is 2.69. The van der Waals surface area contributed by atoms with Crippen molar-refractivity contribution in [2.75, 3.05) is 19.6 Å². The molecular formula is C21H31N3O3. The lowest BCUT2D eigenvalue weighted by Gasteiger charge is -2.35. The summed E-state index contributed by atoms with van der Waals surface area (Å²) in [5.41, 5.74) is 1.56. The smallest absolute Gasteiger partial charge is 0.251 e. The summed E-state index contributed by atoms with van der Waals surface area (Å²) in [5, 5.41) is 5.85. The number of nitrogens with zero attached hydrogens (tertiary/aromatic N) is 1. The first kappa shape index (κ1) is 20.9. The Balaban J connectivity index is 2.08. The number of piperidine rings is 1. The highest BCUT2D eigenvalue weighted by atomic mass is 16.2. The van der Waals surface area contributed by atoms with Crippen LogP contribution in [-0.2, 0) is 9.59 Å². The Bertz CT molecular complexity index is 666. The number of benzene rings is 1. The molecule has 1 saturated heterocycles. The number of hydrogen-bond acceptors (Lipinski definition) is 3. The van der Waals surface area contributed by atoms with Gasteiger partial charge < -0.3 is 15.5 Å². The number of hydrogen-bond donors (Lipinski definition) is 2. The van der Waals surface area contributed by atoms with Gasteiger partial charge in [0, 0.05) is 31.6 Å². The van der Waals surface area contributed by atoms with Gasteiger partial charge in [-0.2, -0.15) is 0 Å². The molecule has 2 N–H and O–H groups in total. The summed E-state index contributed by atoms with van der Waals surface area (Å²) in [6.45, 7) is 7.64. The lowest BCUT2D eigenvalue weighted by atomic mass is 9.88. The largest absolute Gasteiger partial charge is 0.354 e. The van der Waals surface area contributed by atoms with Crippen molar-refractivity contribution in [2.45, 2.75) is 52.5 Å². The molecule has 6 nitrogen and oxygen atoms in total. The number of carbonyl (C=O) groups is 3. The van der Waals surface area contributed by atoms with Crippen molar-refractivity contribution < 1.29 is 14.4 Å². The van der Waals surface area contributed by atoms with E-state index in [1.54, 1.807) is 6.07 Å². The van der Waals surface area contributed by atoms with E-state index in [1.807, 2.05) is 43.9 Å². The molecule has 3 amide bonds. The lowest BCUT2D eigenvalue weighted by molar-refractivity contribution is -0.132. The molecule has 27 heavy (non-hydrogen) atoms. The fraction of sp³-hybridized carbons (Fsp3) is 0.571. The van der Waals surface area contributed by atoms with Gasteiger partial charge in [-0.25, -0.2) is 0 Å². The van der Waals surface area contributed by atoms with Crippen molar-refractivity contribution in [1.82, 2.24) is 15.5 Å². The molecule has 6 heteroatoms.